The summed E-state index contributed by atoms with van der Waals surface area (Å²) in [4.78, 5) is 14.4. The number of amides is 1. The summed E-state index contributed by atoms with van der Waals surface area (Å²) >= 11 is 0. The standard InChI is InChI=1S/C26H51NO3/c1-4-7-8-9-10-11-12-13-14-15-16-17-18-19-20-21-26(28)27(22-24-29-5-2)23-25-30-6-3/h13-14H,4-12,15-25H2,1-3H3/b14-13-. The van der Waals surface area contributed by atoms with Gasteiger partial charge in [0.05, 0.1) is 13.2 Å². The van der Waals surface area contributed by atoms with Crippen molar-refractivity contribution in [2.45, 2.75) is 111 Å². The Bertz CT molecular complexity index is 374. The minimum absolute atomic E-state index is 0.243. The highest BCUT2D eigenvalue weighted by Crippen LogP contribution is 2.10. The van der Waals surface area contributed by atoms with Crippen LogP contribution in [0.15, 0.2) is 12.2 Å². The van der Waals surface area contributed by atoms with Crippen LogP contribution in [0.25, 0.3) is 0 Å². The van der Waals surface area contributed by atoms with Gasteiger partial charge >= 0.3 is 0 Å². The number of rotatable bonds is 23. The highest BCUT2D eigenvalue weighted by molar-refractivity contribution is 5.76. The quantitative estimate of drug-likeness (QED) is 0.132. The number of carbonyl (C=O) groups excluding carboxylic acids is 1. The van der Waals surface area contributed by atoms with Gasteiger partial charge in [-0.25, -0.2) is 0 Å². The summed E-state index contributed by atoms with van der Waals surface area (Å²) in [6.45, 7) is 10.2. The van der Waals surface area contributed by atoms with Crippen molar-refractivity contribution in [1.82, 2.24) is 4.90 Å². The smallest absolute Gasteiger partial charge is 0.222 e. The predicted octanol–water partition coefficient (Wildman–Crippen LogP) is 6.93. The first-order chi connectivity index (χ1) is 14.8. The lowest BCUT2D eigenvalue weighted by Crippen LogP contribution is -2.36. The number of hydrogen-bond donors (Lipinski definition) is 0. The number of hydrogen-bond acceptors (Lipinski definition) is 3. The SMILES string of the molecule is CCCCCCCC/C=C\CCCCCCCC(=O)N(CCOCC)CCOCC. The van der Waals surface area contributed by atoms with E-state index in [-0.39, 0.29) is 5.91 Å². The molecule has 0 bridgehead atoms. The lowest BCUT2D eigenvalue weighted by Gasteiger charge is -2.22. The Labute approximate surface area is 187 Å². The van der Waals surface area contributed by atoms with E-state index < -0.39 is 0 Å². The average Bonchev–Trinajstić information content (AvgIpc) is 2.75. The van der Waals surface area contributed by atoms with E-state index in [0.29, 0.717) is 45.9 Å². The van der Waals surface area contributed by atoms with Crippen molar-refractivity contribution in [3.8, 4) is 0 Å². The molecule has 0 saturated heterocycles. The Morgan fingerprint density at radius 3 is 1.63 bits per heavy atom. The average molecular weight is 426 g/mol. The second kappa shape index (κ2) is 24.4. The normalized spacial score (nSPS) is 11.4. The molecule has 0 atom stereocenters. The van der Waals surface area contributed by atoms with Crippen molar-refractivity contribution < 1.29 is 14.3 Å². The van der Waals surface area contributed by atoms with Gasteiger partial charge in [-0.1, -0.05) is 70.4 Å². The van der Waals surface area contributed by atoms with Crippen molar-refractivity contribution in [1.29, 1.82) is 0 Å². The van der Waals surface area contributed by atoms with Crippen molar-refractivity contribution in [3.05, 3.63) is 12.2 Å². The molecule has 0 unspecified atom stereocenters. The highest BCUT2D eigenvalue weighted by Gasteiger charge is 2.12. The van der Waals surface area contributed by atoms with Crippen LogP contribution in [0.1, 0.15) is 111 Å². The topological polar surface area (TPSA) is 38.8 Å². The molecule has 30 heavy (non-hydrogen) atoms. The van der Waals surface area contributed by atoms with Crippen LogP contribution in [-0.4, -0.2) is 50.3 Å². The van der Waals surface area contributed by atoms with E-state index in [0.717, 1.165) is 12.8 Å². The Balaban J connectivity index is 3.62. The van der Waals surface area contributed by atoms with Gasteiger partial charge in [0, 0.05) is 32.7 Å². The van der Waals surface area contributed by atoms with Crippen LogP contribution in [0.5, 0.6) is 0 Å². The molecule has 0 aliphatic carbocycles. The van der Waals surface area contributed by atoms with Gasteiger partial charge in [-0.3, -0.25) is 4.79 Å². The van der Waals surface area contributed by atoms with Crippen LogP contribution in [0.4, 0.5) is 0 Å². The molecule has 0 heterocycles. The molecule has 0 fully saturated rings. The van der Waals surface area contributed by atoms with Gasteiger partial charge in [0.2, 0.25) is 5.91 Å². The third kappa shape index (κ3) is 20.4. The molecule has 0 radical (unpaired) electrons. The van der Waals surface area contributed by atoms with Crippen LogP contribution in [0, 0.1) is 0 Å². The van der Waals surface area contributed by atoms with E-state index in [2.05, 4.69) is 19.1 Å². The maximum atomic E-state index is 12.5. The number of unbranched alkanes of at least 4 members (excludes halogenated alkanes) is 11. The number of carbonyl (C=O) groups is 1. The van der Waals surface area contributed by atoms with E-state index in [9.17, 15) is 4.79 Å². The van der Waals surface area contributed by atoms with Gasteiger partial charge < -0.3 is 14.4 Å². The molecule has 0 rings (SSSR count). The van der Waals surface area contributed by atoms with Crippen LogP contribution in [0.2, 0.25) is 0 Å². The largest absolute Gasteiger partial charge is 0.380 e. The van der Waals surface area contributed by atoms with Crippen molar-refractivity contribution in [2.24, 2.45) is 0 Å². The molecule has 0 spiro atoms. The van der Waals surface area contributed by atoms with Crippen LogP contribution in [0.3, 0.4) is 0 Å². The Morgan fingerprint density at radius 1 is 0.667 bits per heavy atom. The van der Waals surface area contributed by atoms with Gasteiger partial charge in [-0.05, 0) is 46.0 Å². The highest BCUT2D eigenvalue weighted by atomic mass is 16.5. The fraction of sp³-hybridized carbons (Fsp3) is 0.885. The van der Waals surface area contributed by atoms with Crippen LogP contribution in [-0.2, 0) is 14.3 Å². The summed E-state index contributed by atoms with van der Waals surface area (Å²) in [6.07, 6.45) is 22.0. The second-order valence-electron chi connectivity index (χ2n) is 8.11. The van der Waals surface area contributed by atoms with Crippen LogP contribution < -0.4 is 0 Å². The van der Waals surface area contributed by atoms with E-state index in [4.69, 9.17) is 9.47 Å². The zero-order chi connectivity index (χ0) is 22.1. The molecule has 0 aromatic carbocycles. The zero-order valence-electron chi connectivity index (χ0n) is 20.5. The van der Waals surface area contributed by atoms with Gasteiger partial charge in [0.15, 0.2) is 0 Å². The fourth-order valence-electron chi connectivity index (χ4n) is 3.50. The first-order valence-electron chi connectivity index (χ1n) is 12.8. The van der Waals surface area contributed by atoms with E-state index >= 15 is 0 Å². The molecule has 4 heteroatoms. The van der Waals surface area contributed by atoms with Gasteiger partial charge in [-0.15, -0.1) is 0 Å². The van der Waals surface area contributed by atoms with Crippen LogP contribution >= 0.6 is 0 Å². The fourth-order valence-corrected chi connectivity index (χ4v) is 3.50. The Morgan fingerprint density at radius 2 is 1.13 bits per heavy atom. The maximum absolute atomic E-state index is 12.5. The van der Waals surface area contributed by atoms with E-state index in [1.165, 1.54) is 70.6 Å². The lowest BCUT2D eigenvalue weighted by molar-refractivity contribution is -0.132. The summed E-state index contributed by atoms with van der Waals surface area (Å²) in [5, 5.41) is 0. The minimum atomic E-state index is 0.243. The molecule has 0 aliphatic heterocycles. The predicted molar refractivity (Wildman–Crippen MR) is 129 cm³/mol. The molecule has 0 saturated carbocycles. The van der Waals surface area contributed by atoms with Gasteiger partial charge in [0.25, 0.3) is 0 Å². The summed E-state index contributed by atoms with van der Waals surface area (Å²) in [6, 6.07) is 0. The summed E-state index contributed by atoms with van der Waals surface area (Å²) in [5.74, 6) is 0.243. The van der Waals surface area contributed by atoms with Gasteiger partial charge in [-0.2, -0.15) is 0 Å². The van der Waals surface area contributed by atoms with E-state index in [1.807, 2.05) is 18.7 Å². The van der Waals surface area contributed by atoms with Crippen molar-refractivity contribution in [3.63, 3.8) is 0 Å². The molecule has 0 aliphatic rings. The van der Waals surface area contributed by atoms with E-state index in [1.54, 1.807) is 0 Å². The first kappa shape index (κ1) is 29.1. The molecule has 0 aromatic rings. The molecular formula is C26H51NO3. The second-order valence-corrected chi connectivity index (χ2v) is 8.11. The molecular weight excluding hydrogens is 374 g/mol. The Hall–Kier alpha value is -0.870. The molecule has 4 nitrogen and oxygen atoms in total. The van der Waals surface area contributed by atoms with Gasteiger partial charge in [0.1, 0.15) is 0 Å². The maximum Gasteiger partial charge on any atom is 0.222 e. The summed E-state index contributed by atoms with van der Waals surface area (Å²) in [5.41, 5.74) is 0. The van der Waals surface area contributed by atoms with Crippen molar-refractivity contribution >= 4 is 5.91 Å². The number of allylic oxidation sites excluding steroid dienone is 2. The number of ether oxygens (including phenoxy) is 2. The summed E-state index contributed by atoms with van der Waals surface area (Å²) in [7, 11) is 0. The molecule has 1 amide bonds. The molecule has 0 N–H and O–H groups in total. The third-order valence-corrected chi connectivity index (χ3v) is 5.42. The zero-order valence-corrected chi connectivity index (χ0v) is 20.5. The molecule has 0 aromatic heterocycles. The van der Waals surface area contributed by atoms with Crippen molar-refractivity contribution in [2.75, 3.05) is 39.5 Å². The lowest BCUT2D eigenvalue weighted by atomic mass is 10.1. The molecule has 178 valence electrons. The third-order valence-electron chi connectivity index (χ3n) is 5.42. The summed E-state index contributed by atoms with van der Waals surface area (Å²) < 4.78 is 10.8. The first-order valence-corrected chi connectivity index (χ1v) is 12.8. The monoisotopic (exact) mass is 425 g/mol. The number of nitrogens with zero attached hydrogens (tertiary/aromatic N) is 1. The Kier molecular flexibility index (Phi) is 23.7. The minimum Gasteiger partial charge on any atom is -0.380 e.